The second kappa shape index (κ2) is 6.03. The van der Waals surface area contributed by atoms with Gasteiger partial charge in [0.05, 0.1) is 12.6 Å². The number of morpholine rings is 1. The second-order valence-electron chi connectivity index (χ2n) is 7.65. The van der Waals surface area contributed by atoms with Crippen LogP contribution in [0.3, 0.4) is 0 Å². The Labute approximate surface area is 148 Å². The lowest BCUT2D eigenvalue weighted by Crippen LogP contribution is -2.48. The summed E-state index contributed by atoms with van der Waals surface area (Å²) in [5.41, 5.74) is 2.01. The quantitative estimate of drug-likeness (QED) is 0.851. The Morgan fingerprint density at radius 3 is 2.48 bits per heavy atom. The van der Waals surface area contributed by atoms with E-state index in [4.69, 9.17) is 4.74 Å². The van der Waals surface area contributed by atoms with Crippen molar-refractivity contribution in [2.24, 2.45) is 5.92 Å². The van der Waals surface area contributed by atoms with Crippen molar-refractivity contribution >= 4 is 5.91 Å². The van der Waals surface area contributed by atoms with Crippen LogP contribution in [0.15, 0.2) is 48.7 Å². The van der Waals surface area contributed by atoms with Crippen molar-refractivity contribution in [1.82, 2.24) is 9.47 Å². The first-order chi connectivity index (χ1) is 12.3. The van der Waals surface area contributed by atoms with Crippen LogP contribution < -0.4 is 0 Å². The van der Waals surface area contributed by atoms with Crippen LogP contribution in [0.1, 0.15) is 53.9 Å². The van der Waals surface area contributed by atoms with Crippen molar-refractivity contribution in [1.29, 1.82) is 0 Å². The van der Waals surface area contributed by atoms with E-state index < -0.39 is 0 Å². The zero-order chi connectivity index (χ0) is 16.8. The zero-order valence-corrected chi connectivity index (χ0v) is 14.4. The van der Waals surface area contributed by atoms with Crippen LogP contribution in [0.4, 0.5) is 0 Å². The summed E-state index contributed by atoms with van der Waals surface area (Å²) in [6, 6.07) is 14.8. The molecule has 3 fully saturated rings. The van der Waals surface area contributed by atoms with Gasteiger partial charge in [-0.15, -0.1) is 0 Å². The molecule has 1 saturated heterocycles. The average Bonchev–Trinajstić information content (AvgIpc) is 3.60. The van der Waals surface area contributed by atoms with Gasteiger partial charge in [0, 0.05) is 18.8 Å². The van der Waals surface area contributed by atoms with Gasteiger partial charge in [-0.1, -0.05) is 30.3 Å². The van der Waals surface area contributed by atoms with Gasteiger partial charge in [0.1, 0.15) is 11.8 Å². The molecule has 1 aliphatic heterocycles. The monoisotopic (exact) mass is 336 g/mol. The fourth-order valence-corrected chi connectivity index (χ4v) is 3.94. The van der Waals surface area contributed by atoms with Gasteiger partial charge in [-0.25, -0.2) is 0 Å². The highest BCUT2D eigenvalue weighted by atomic mass is 16.5. The zero-order valence-electron chi connectivity index (χ0n) is 14.4. The van der Waals surface area contributed by atoms with E-state index >= 15 is 0 Å². The largest absolute Gasteiger partial charge is 0.366 e. The highest BCUT2D eigenvalue weighted by Gasteiger charge is 2.41. The van der Waals surface area contributed by atoms with Crippen LogP contribution >= 0.6 is 0 Å². The van der Waals surface area contributed by atoms with Crippen LogP contribution in [-0.2, 0) is 4.74 Å². The molecular weight excluding hydrogens is 312 g/mol. The molecule has 2 aromatic rings. The van der Waals surface area contributed by atoms with Crippen LogP contribution in [-0.4, -0.2) is 34.6 Å². The van der Waals surface area contributed by atoms with E-state index in [1.165, 1.54) is 31.2 Å². The summed E-state index contributed by atoms with van der Waals surface area (Å²) >= 11 is 0. The number of hydrogen-bond acceptors (Lipinski definition) is 2. The number of aromatic nitrogens is 1. The lowest BCUT2D eigenvalue weighted by Gasteiger charge is -2.38. The molecule has 2 atom stereocenters. The highest BCUT2D eigenvalue weighted by Crippen LogP contribution is 2.40. The molecule has 2 heterocycles. The lowest BCUT2D eigenvalue weighted by molar-refractivity contribution is -0.0865. The van der Waals surface area contributed by atoms with Crippen molar-refractivity contribution in [3.8, 4) is 0 Å². The number of carbonyl (C=O) groups is 1. The summed E-state index contributed by atoms with van der Waals surface area (Å²) in [4.78, 5) is 15.3. The maximum atomic E-state index is 13.2. The van der Waals surface area contributed by atoms with E-state index in [-0.39, 0.29) is 18.1 Å². The molecule has 2 saturated carbocycles. The first-order valence-corrected chi connectivity index (χ1v) is 9.46. The maximum absolute atomic E-state index is 13.2. The summed E-state index contributed by atoms with van der Waals surface area (Å²) in [5, 5.41) is 0. The fraction of sp³-hybridized carbons (Fsp3) is 0.476. The summed E-state index contributed by atoms with van der Waals surface area (Å²) in [5.74, 6) is 0.781. The van der Waals surface area contributed by atoms with E-state index in [1.807, 2.05) is 35.2 Å². The maximum Gasteiger partial charge on any atom is 0.270 e. The van der Waals surface area contributed by atoms with Gasteiger partial charge in [-0.05, 0) is 49.3 Å². The number of ether oxygens (including phenoxy) is 1. The SMILES string of the molecule is O=C(c1cccn1C1CC1)N1C[C@@H](c2ccccc2)O[C@@H](C2CC2)C1. The third kappa shape index (κ3) is 2.99. The molecule has 0 radical (unpaired) electrons. The molecular formula is C21H24N2O2. The van der Waals surface area contributed by atoms with Gasteiger partial charge >= 0.3 is 0 Å². The van der Waals surface area contributed by atoms with E-state index in [2.05, 4.69) is 22.9 Å². The Balaban J connectivity index is 1.41. The predicted molar refractivity (Wildman–Crippen MR) is 95.4 cm³/mol. The van der Waals surface area contributed by atoms with Crippen LogP contribution in [0.25, 0.3) is 0 Å². The third-order valence-corrected chi connectivity index (χ3v) is 5.67. The van der Waals surface area contributed by atoms with E-state index in [0.717, 1.165) is 12.2 Å². The standard InChI is InChI=1S/C21H24N2O2/c24-21(18-7-4-12-23(18)17-10-11-17)22-13-19(15-5-2-1-3-6-15)25-20(14-22)16-8-9-16/h1-7,12,16-17,19-20H,8-11,13-14H2/t19-,20+/m0/s1. The molecule has 1 amide bonds. The molecule has 0 N–H and O–H groups in total. The Morgan fingerprint density at radius 2 is 1.76 bits per heavy atom. The molecule has 1 aromatic heterocycles. The second-order valence-corrected chi connectivity index (χ2v) is 7.65. The van der Waals surface area contributed by atoms with Crippen molar-refractivity contribution < 1.29 is 9.53 Å². The van der Waals surface area contributed by atoms with E-state index in [0.29, 0.717) is 18.5 Å². The molecule has 130 valence electrons. The summed E-state index contributed by atoms with van der Waals surface area (Å²) in [7, 11) is 0. The van der Waals surface area contributed by atoms with Crippen LogP contribution in [0.2, 0.25) is 0 Å². The summed E-state index contributed by atoms with van der Waals surface area (Å²) < 4.78 is 8.55. The molecule has 4 nitrogen and oxygen atoms in total. The molecule has 25 heavy (non-hydrogen) atoms. The van der Waals surface area contributed by atoms with E-state index in [9.17, 15) is 4.79 Å². The van der Waals surface area contributed by atoms with Gasteiger partial charge in [0.2, 0.25) is 0 Å². The van der Waals surface area contributed by atoms with Gasteiger partial charge < -0.3 is 14.2 Å². The minimum atomic E-state index is -0.0196. The van der Waals surface area contributed by atoms with Gasteiger partial charge in [0.25, 0.3) is 5.91 Å². The minimum Gasteiger partial charge on any atom is -0.366 e. The average molecular weight is 336 g/mol. The Kier molecular flexibility index (Phi) is 3.66. The normalized spacial score (nSPS) is 26.6. The molecule has 2 aliphatic carbocycles. The highest BCUT2D eigenvalue weighted by molar-refractivity contribution is 5.93. The van der Waals surface area contributed by atoms with Gasteiger partial charge in [0.15, 0.2) is 0 Å². The van der Waals surface area contributed by atoms with Crippen molar-refractivity contribution in [2.75, 3.05) is 13.1 Å². The number of amides is 1. The molecule has 3 aliphatic rings. The minimum absolute atomic E-state index is 0.0196. The number of nitrogens with zero attached hydrogens (tertiary/aromatic N) is 2. The number of hydrogen-bond donors (Lipinski definition) is 0. The Bertz CT molecular complexity index is 761. The number of benzene rings is 1. The van der Waals surface area contributed by atoms with Gasteiger partial charge in [-0.3, -0.25) is 4.79 Å². The Morgan fingerprint density at radius 1 is 0.960 bits per heavy atom. The number of carbonyl (C=O) groups excluding carboxylic acids is 1. The molecule has 1 aromatic carbocycles. The van der Waals surface area contributed by atoms with Crippen LogP contribution in [0, 0.1) is 5.92 Å². The third-order valence-electron chi connectivity index (χ3n) is 5.67. The molecule has 0 unspecified atom stereocenters. The molecule has 4 heteroatoms. The van der Waals surface area contributed by atoms with Crippen LogP contribution in [0.5, 0.6) is 0 Å². The summed E-state index contributed by atoms with van der Waals surface area (Å²) in [6.07, 6.45) is 7.05. The Hall–Kier alpha value is -2.07. The first-order valence-electron chi connectivity index (χ1n) is 9.46. The molecule has 5 rings (SSSR count). The fourth-order valence-electron chi connectivity index (χ4n) is 3.94. The predicted octanol–water partition coefficient (Wildman–Crippen LogP) is 3.82. The number of rotatable bonds is 4. The molecule has 0 bridgehead atoms. The summed E-state index contributed by atoms with van der Waals surface area (Å²) in [6.45, 7) is 1.37. The van der Waals surface area contributed by atoms with E-state index in [1.54, 1.807) is 0 Å². The smallest absolute Gasteiger partial charge is 0.270 e. The first kappa shape index (κ1) is 15.2. The lowest BCUT2D eigenvalue weighted by atomic mass is 10.0. The van der Waals surface area contributed by atoms with Crippen molar-refractivity contribution in [3.05, 3.63) is 59.9 Å². The van der Waals surface area contributed by atoms with Crippen molar-refractivity contribution in [3.63, 3.8) is 0 Å². The van der Waals surface area contributed by atoms with Gasteiger partial charge in [-0.2, -0.15) is 0 Å². The molecule has 0 spiro atoms. The van der Waals surface area contributed by atoms with Crippen molar-refractivity contribution in [2.45, 2.75) is 43.9 Å². The topological polar surface area (TPSA) is 34.5 Å².